The van der Waals surface area contributed by atoms with Crippen molar-refractivity contribution in [1.29, 1.82) is 0 Å². The van der Waals surface area contributed by atoms with Crippen molar-refractivity contribution in [3.63, 3.8) is 0 Å². The van der Waals surface area contributed by atoms with Gasteiger partial charge < -0.3 is 14.7 Å². The Labute approximate surface area is 175 Å². The molecule has 3 aromatic rings. The standard InChI is InChI=1S/C23H26N4O3/c1-15(2)17-4-6-18(7-5-17)26-23(29)30-19-9-10-27(12-19)22-20-11-16(13-28)3-8-21(20)24-14-25-22/h3-8,11,14-15,19,28H,9-10,12-13H2,1-2H3,(H,26,29). The zero-order valence-corrected chi connectivity index (χ0v) is 17.2. The van der Waals surface area contributed by atoms with Gasteiger partial charge in [0.25, 0.3) is 0 Å². The summed E-state index contributed by atoms with van der Waals surface area (Å²) in [6, 6.07) is 13.5. The number of aliphatic hydroxyl groups is 1. The SMILES string of the molecule is CC(C)c1ccc(NC(=O)OC2CCN(c3ncnc4ccc(CO)cc34)C2)cc1. The molecule has 7 nitrogen and oxygen atoms in total. The van der Waals surface area contributed by atoms with Crippen molar-refractivity contribution in [3.05, 3.63) is 59.9 Å². The lowest BCUT2D eigenvalue weighted by Gasteiger charge is -2.19. The van der Waals surface area contributed by atoms with Crippen molar-refractivity contribution in [2.24, 2.45) is 0 Å². The molecule has 2 aromatic carbocycles. The van der Waals surface area contributed by atoms with Crippen molar-refractivity contribution >= 4 is 28.5 Å². The average Bonchev–Trinajstić information content (AvgIpc) is 3.21. The number of anilines is 2. The number of nitrogens with one attached hydrogen (secondary N) is 1. The summed E-state index contributed by atoms with van der Waals surface area (Å²) in [6.07, 6.45) is 1.60. The number of benzene rings is 2. The van der Waals surface area contributed by atoms with Crippen molar-refractivity contribution in [1.82, 2.24) is 9.97 Å². The molecule has 1 fully saturated rings. The first-order chi connectivity index (χ1) is 14.5. The molecule has 0 saturated carbocycles. The largest absolute Gasteiger partial charge is 0.444 e. The lowest BCUT2D eigenvalue weighted by molar-refractivity contribution is 0.122. The van der Waals surface area contributed by atoms with Gasteiger partial charge in [-0.25, -0.2) is 14.8 Å². The molecular formula is C23H26N4O3. The summed E-state index contributed by atoms with van der Waals surface area (Å²) in [5.41, 5.74) is 3.58. The van der Waals surface area contributed by atoms with E-state index in [9.17, 15) is 9.90 Å². The first-order valence-electron chi connectivity index (χ1n) is 10.2. The molecule has 0 aliphatic carbocycles. The fraction of sp³-hybridized carbons (Fsp3) is 0.348. The Morgan fingerprint density at radius 1 is 1.23 bits per heavy atom. The molecule has 156 valence electrons. The van der Waals surface area contributed by atoms with E-state index in [1.165, 1.54) is 11.9 Å². The lowest BCUT2D eigenvalue weighted by Crippen LogP contribution is -2.27. The van der Waals surface area contributed by atoms with Gasteiger partial charge in [-0.1, -0.05) is 32.0 Å². The van der Waals surface area contributed by atoms with Gasteiger partial charge in [0.1, 0.15) is 18.2 Å². The second-order valence-electron chi connectivity index (χ2n) is 7.87. The number of aromatic nitrogens is 2. The summed E-state index contributed by atoms with van der Waals surface area (Å²) in [5.74, 6) is 1.24. The highest BCUT2D eigenvalue weighted by Gasteiger charge is 2.28. The van der Waals surface area contributed by atoms with E-state index in [0.29, 0.717) is 12.5 Å². The summed E-state index contributed by atoms with van der Waals surface area (Å²) < 4.78 is 5.63. The third-order valence-corrected chi connectivity index (χ3v) is 5.40. The number of carbonyl (C=O) groups is 1. The van der Waals surface area contributed by atoms with Gasteiger partial charge in [0.2, 0.25) is 0 Å². The second kappa shape index (κ2) is 8.67. The number of fused-ring (bicyclic) bond motifs is 1. The van der Waals surface area contributed by atoms with Crippen LogP contribution in [0.2, 0.25) is 0 Å². The van der Waals surface area contributed by atoms with E-state index in [1.807, 2.05) is 42.5 Å². The van der Waals surface area contributed by atoms with Gasteiger partial charge in [0.05, 0.1) is 18.7 Å². The Morgan fingerprint density at radius 2 is 2.03 bits per heavy atom. The van der Waals surface area contributed by atoms with E-state index in [0.717, 1.165) is 40.9 Å². The Kier molecular flexibility index (Phi) is 5.81. The molecule has 2 N–H and O–H groups in total. The van der Waals surface area contributed by atoms with E-state index in [4.69, 9.17) is 4.74 Å². The molecular weight excluding hydrogens is 380 g/mol. The molecule has 1 aromatic heterocycles. The van der Waals surface area contributed by atoms with Crippen LogP contribution in [0.4, 0.5) is 16.3 Å². The van der Waals surface area contributed by atoms with Gasteiger partial charge in [0, 0.05) is 24.0 Å². The maximum absolute atomic E-state index is 12.3. The average molecular weight is 406 g/mol. The first kappa shape index (κ1) is 20.1. The minimum Gasteiger partial charge on any atom is -0.444 e. The van der Waals surface area contributed by atoms with Gasteiger partial charge in [-0.3, -0.25) is 5.32 Å². The van der Waals surface area contributed by atoms with Crippen molar-refractivity contribution in [2.75, 3.05) is 23.3 Å². The predicted molar refractivity (Wildman–Crippen MR) is 117 cm³/mol. The summed E-state index contributed by atoms with van der Waals surface area (Å²) in [5, 5.41) is 13.1. The molecule has 0 radical (unpaired) electrons. The summed E-state index contributed by atoms with van der Waals surface area (Å²) in [7, 11) is 0. The van der Waals surface area contributed by atoms with E-state index in [-0.39, 0.29) is 12.7 Å². The van der Waals surface area contributed by atoms with Crippen molar-refractivity contribution in [2.45, 2.75) is 38.9 Å². The number of nitrogens with zero attached hydrogens (tertiary/aromatic N) is 3. The highest BCUT2D eigenvalue weighted by Crippen LogP contribution is 2.28. The highest BCUT2D eigenvalue weighted by molar-refractivity contribution is 5.90. The summed E-state index contributed by atoms with van der Waals surface area (Å²) in [4.78, 5) is 23.2. The van der Waals surface area contributed by atoms with E-state index < -0.39 is 6.09 Å². The Hall–Kier alpha value is -3.19. The van der Waals surface area contributed by atoms with Crippen LogP contribution in [0.1, 0.15) is 37.3 Å². The number of rotatable bonds is 5. The normalized spacial score (nSPS) is 16.3. The summed E-state index contributed by atoms with van der Waals surface area (Å²) >= 11 is 0. The number of ether oxygens (including phenoxy) is 1. The van der Waals surface area contributed by atoms with Crippen LogP contribution in [0.25, 0.3) is 10.9 Å². The molecule has 7 heteroatoms. The van der Waals surface area contributed by atoms with Gasteiger partial charge in [-0.15, -0.1) is 0 Å². The summed E-state index contributed by atoms with van der Waals surface area (Å²) in [6.45, 7) is 5.53. The van der Waals surface area contributed by atoms with Gasteiger partial charge >= 0.3 is 6.09 Å². The van der Waals surface area contributed by atoms with E-state index in [2.05, 4.69) is 34.0 Å². The van der Waals surface area contributed by atoms with Crippen LogP contribution in [-0.4, -0.2) is 40.4 Å². The predicted octanol–water partition coefficient (Wildman–Crippen LogP) is 4.07. The fourth-order valence-corrected chi connectivity index (χ4v) is 3.71. The Morgan fingerprint density at radius 3 is 2.77 bits per heavy atom. The van der Waals surface area contributed by atoms with Crippen LogP contribution in [0.5, 0.6) is 0 Å². The topological polar surface area (TPSA) is 87.6 Å². The molecule has 1 amide bonds. The van der Waals surface area contributed by atoms with Gasteiger partial charge in [-0.2, -0.15) is 0 Å². The number of amides is 1. The zero-order chi connectivity index (χ0) is 21.1. The number of hydrogen-bond acceptors (Lipinski definition) is 6. The molecule has 30 heavy (non-hydrogen) atoms. The van der Waals surface area contributed by atoms with Crippen LogP contribution < -0.4 is 10.2 Å². The smallest absolute Gasteiger partial charge is 0.411 e. The van der Waals surface area contributed by atoms with Gasteiger partial charge in [-0.05, 0) is 41.3 Å². The number of carbonyl (C=O) groups excluding carboxylic acids is 1. The van der Waals surface area contributed by atoms with Crippen LogP contribution >= 0.6 is 0 Å². The molecule has 1 aliphatic rings. The molecule has 2 heterocycles. The highest BCUT2D eigenvalue weighted by atomic mass is 16.6. The molecule has 4 rings (SSSR count). The molecule has 1 saturated heterocycles. The van der Waals surface area contributed by atoms with Crippen LogP contribution in [-0.2, 0) is 11.3 Å². The monoisotopic (exact) mass is 406 g/mol. The van der Waals surface area contributed by atoms with E-state index >= 15 is 0 Å². The van der Waals surface area contributed by atoms with Crippen molar-refractivity contribution < 1.29 is 14.6 Å². The van der Waals surface area contributed by atoms with Crippen molar-refractivity contribution in [3.8, 4) is 0 Å². The molecule has 1 aliphatic heterocycles. The quantitative estimate of drug-likeness (QED) is 0.664. The fourth-order valence-electron chi connectivity index (χ4n) is 3.71. The molecule has 0 bridgehead atoms. The third kappa shape index (κ3) is 4.36. The lowest BCUT2D eigenvalue weighted by atomic mass is 10.0. The zero-order valence-electron chi connectivity index (χ0n) is 17.2. The molecule has 1 atom stereocenters. The van der Waals surface area contributed by atoms with Crippen LogP contribution in [0.15, 0.2) is 48.8 Å². The molecule has 0 spiro atoms. The van der Waals surface area contributed by atoms with Crippen LogP contribution in [0, 0.1) is 0 Å². The molecule has 1 unspecified atom stereocenters. The first-order valence-corrected chi connectivity index (χ1v) is 10.2. The minimum atomic E-state index is -0.450. The number of hydrogen-bond donors (Lipinski definition) is 2. The number of aliphatic hydroxyl groups excluding tert-OH is 1. The Bertz CT molecular complexity index is 1040. The Balaban J connectivity index is 1.40. The minimum absolute atomic E-state index is 0.0334. The third-order valence-electron chi connectivity index (χ3n) is 5.40. The maximum atomic E-state index is 12.3. The van der Waals surface area contributed by atoms with E-state index in [1.54, 1.807) is 0 Å². The second-order valence-corrected chi connectivity index (χ2v) is 7.87. The van der Waals surface area contributed by atoms with Crippen LogP contribution in [0.3, 0.4) is 0 Å². The maximum Gasteiger partial charge on any atom is 0.411 e. The van der Waals surface area contributed by atoms with Gasteiger partial charge in [0.15, 0.2) is 0 Å².